The number of carbonyl (C=O) groups excluding carboxylic acids is 2. The Morgan fingerprint density at radius 1 is 1.07 bits per heavy atom. The molecule has 0 aliphatic carbocycles. The van der Waals surface area contributed by atoms with Crippen LogP contribution in [0, 0.1) is 0 Å². The Bertz CT molecular complexity index is 1080. The first-order chi connectivity index (χ1) is 13.9. The van der Waals surface area contributed by atoms with Crippen molar-refractivity contribution in [3.05, 3.63) is 86.0 Å². The van der Waals surface area contributed by atoms with Crippen molar-refractivity contribution in [3.63, 3.8) is 0 Å². The van der Waals surface area contributed by atoms with Crippen molar-refractivity contribution in [2.45, 2.75) is 18.4 Å². The summed E-state index contributed by atoms with van der Waals surface area (Å²) in [5, 5.41) is 11.7. The van der Waals surface area contributed by atoms with Crippen molar-refractivity contribution in [1.29, 1.82) is 0 Å². The Labute approximate surface area is 182 Å². The molecule has 4 rings (SSSR count). The average molecular weight is 446 g/mol. The van der Waals surface area contributed by atoms with Crippen LogP contribution in [0.1, 0.15) is 27.2 Å². The molecule has 1 aromatic heterocycles. The number of rotatable bonds is 6. The maximum Gasteiger partial charge on any atom is 0.264 e. The van der Waals surface area contributed by atoms with Crippen molar-refractivity contribution in [2.75, 3.05) is 11.4 Å². The molecular weight excluding hydrogens is 429 g/mol. The van der Waals surface area contributed by atoms with Gasteiger partial charge in [0.15, 0.2) is 11.4 Å². The number of Topliss-reactive ketones (excluding diaryl/α,β-unsaturated/α-hetero) is 1. The first-order valence-corrected chi connectivity index (χ1v) is 10.6. The first kappa shape index (κ1) is 20.1. The van der Waals surface area contributed by atoms with Crippen molar-refractivity contribution >= 4 is 51.9 Å². The van der Waals surface area contributed by atoms with Crippen LogP contribution in [0.15, 0.2) is 60.7 Å². The second-order valence-electron chi connectivity index (χ2n) is 6.92. The summed E-state index contributed by atoms with van der Waals surface area (Å²) in [6.07, 6.45) is 0.261. The minimum absolute atomic E-state index is 0.339. The van der Waals surface area contributed by atoms with Gasteiger partial charge in [-0.2, -0.15) is 0 Å². The number of amides is 1. The van der Waals surface area contributed by atoms with E-state index < -0.39 is 11.5 Å². The third kappa shape index (κ3) is 3.83. The SMILES string of the molecule is O=C(CC1(O)C(=O)N(CCc2ccccc2)c2ccc(Cl)cc21)c1ccc(Cl)s1. The van der Waals surface area contributed by atoms with Crippen LogP contribution in [0.4, 0.5) is 5.69 Å². The maximum atomic E-state index is 13.2. The van der Waals surface area contributed by atoms with Gasteiger partial charge in [-0.3, -0.25) is 9.59 Å². The first-order valence-electron chi connectivity index (χ1n) is 9.05. The van der Waals surface area contributed by atoms with Gasteiger partial charge in [-0.05, 0) is 42.3 Å². The van der Waals surface area contributed by atoms with Gasteiger partial charge >= 0.3 is 0 Å². The van der Waals surface area contributed by atoms with Crippen LogP contribution in [0.3, 0.4) is 0 Å². The smallest absolute Gasteiger partial charge is 0.264 e. The predicted octanol–water partition coefficient (Wildman–Crippen LogP) is 5.10. The van der Waals surface area contributed by atoms with Gasteiger partial charge in [0.1, 0.15) is 0 Å². The number of ketones is 1. The van der Waals surface area contributed by atoms with E-state index in [2.05, 4.69) is 0 Å². The molecule has 0 saturated heterocycles. The normalized spacial score (nSPS) is 18.2. The highest BCUT2D eigenvalue weighted by Crippen LogP contribution is 2.44. The lowest BCUT2D eigenvalue weighted by atomic mass is 9.89. The summed E-state index contributed by atoms with van der Waals surface area (Å²) in [6.45, 7) is 0.388. The number of benzene rings is 2. The van der Waals surface area contributed by atoms with Crippen LogP contribution in [-0.2, 0) is 16.8 Å². The van der Waals surface area contributed by atoms with Crippen LogP contribution in [0.5, 0.6) is 0 Å². The Morgan fingerprint density at radius 3 is 2.52 bits per heavy atom. The van der Waals surface area contributed by atoms with Crippen LogP contribution < -0.4 is 4.90 Å². The Hall–Kier alpha value is -2.18. The molecule has 1 aliphatic heterocycles. The summed E-state index contributed by atoms with van der Waals surface area (Å²) in [5.74, 6) is -0.852. The molecule has 7 heteroatoms. The molecule has 1 aliphatic rings. The number of nitrogens with zero attached hydrogens (tertiary/aromatic N) is 1. The number of thiophene rings is 1. The van der Waals surface area contributed by atoms with E-state index in [1.807, 2.05) is 30.3 Å². The number of anilines is 1. The zero-order valence-electron chi connectivity index (χ0n) is 15.3. The average Bonchev–Trinajstić information content (AvgIpc) is 3.23. The molecule has 148 valence electrons. The molecule has 4 nitrogen and oxygen atoms in total. The van der Waals surface area contributed by atoms with Gasteiger partial charge in [0.2, 0.25) is 0 Å². The van der Waals surface area contributed by atoms with Gasteiger partial charge in [-0.15, -0.1) is 11.3 Å². The molecule has 1 atom stereocenters. The molecule has 1 N–H and O–H groups in total. The third-order valence-electron chi connectivity index (χ3n) is 5.03. The minimum Gasteiger partial charge on any atom is -0.375 e. The monoisotopic (exact) mass is 445 g/mol. The number of carbonyl (C=O) groups is 2. The van der Waals surface area contributed by atoms with Crippen molar-refractivity contribution in [2.24, 2.45) is 0 Å². The maximum absolute atomic E-state index is 13.2. The molecule has 0 bridgehead atoms. The summed E-state index contributed by atoms with van der Waals surface area (Å²) >= 11 is 13.2. The van der Waals surface area contributed by atoms with Crippen LogP contribution in [0.2, 0.25) is 9.36 Å². The standard InChI is InChI=1S/C22H17Cl2NO3S/c23-15-6-7-17-16(12-15)22(28,13-18(26)19-8-9-20(24)29-19)21(27)25(17)11-10-14-4-2-1-3-5-14/h1-9,12,28H,10-11,13H2. The third-order valence-corrected chi connectivity index (χ3v) is 6.53. The fourth-order valence-corrected chi connectivity index (χ4v) is 4.74. The highest BCUT2D eigenvalue weighted by atomic mass is 35.5. The molecule has 2 heterocycles. The van der Waals surface area contributed by atoms with E-state index in [4.69, 9.17) is 23.2 Å². The van der Waals surface area contributed by atoms with E-state index in [1.54, 1.807) is 30.3 Å². The van der Waals surface area contributed by atoms with Gasteiger partial charge < -0.3 is 10.0 Å². The second-order valence-corrected chi connectivity index (χ2v) is 9.07. The molecule has 0 saturated carbocycles. The Balaban J connectivity index is 1.65. The summed E-state index contributed by atoms with van der Waals surface area (Å²) in [4.78, 5) is 27.9. The summed E-state index contributed by atoms with van der Waals surface area (Å²) < 4.78 is 0.478. The van der Waals surface area contributed by atoms with E-state index >= 15 is 0 Å². The molecule has 0 radical (unpaired) electrons. The predicted molar refractivity (Wildman–Crippen MR) is 116 cm³/mol. The van der Waals surface area contributed by atoms with Gasteiger partial charge in [0, 0.05) is 17.1 Å². The van der Waals surface area contributed by atoms with Crippen molar-refractivity contribution in [1.82, 2.24) is 0 Å². The van der Waals surface area contributed by atoms with Crippen molar-refractivity contribution < 1.29 is 14.7 Å². The molecule has 0 spiro atoms. The Morgan fingerprint density at radius 2 is 1.83 bits per heavy atom. The number of hydrogen-bond acceptors (Lipinski definition) is 4. The zero-order chi connectivity index (χ0) is 20.6. The highest BCUT2D eigenvalue weighted by molar-refractivity contribution is 7.18. The number of aliphatic hydroxyl groups is 1. The molecule has 3 aromatic rings. The van der Waals surface area contributed by atoms with Gasteiger partial charge in [-0.25, -0.2) is 0 Å². The minimum atomic E-state index is -1.95. The Kier molecular flexibility index (Phi) is 5.49. The summed E-state index contributed by atoms with van der Waals surface area (Å²) in [7, 11) is 0. The molecular formula is C22H17Cl2NO3S. The topological polar surface area (TPSA) is 57.6 Å². The lowest BCUT2D eigenvalue weighted by Crippen LogP contribution is -2.42. The van der Waals surface area contributed by atoms with Crippen molar-refractivity contribution in [3.8, 4) is 0 Å². The van der Waals surface area contributed by atoms with Crippen LogP contribution in [0.25, 0.3) is 0 Å². The molecule has 0 fully saturated rings. The summed E-state index contributed by atoms with van der Waals surface area (Å²) in [6, 6.07) is 18.0. The molecule has 1 unspecified atom stereocenters. The van der Waals surface area contributed by atoms with E-state index in [0.717, 1.165) is 16.9 Å². The largest absolute Gasteiger partial charge is 0.375 e. The van der Waals surface area contributed by atoms with Gasteiger partial charge in [-0.1, -0.05) is 53.5 Å². The summed E-state index contributed by atoms with van der Waals surface area (Å²) in [5.41, 5.74) is 0.0641. The molecule has 1 amide bonds. The van der Waals surface area contributed by atoms with E-state index in [9.17, 15) is 14.7 Å². The fourth-order valence-electron chi connectivity index (χ4n) is 3.58. The number of fused-ring (bicyclic) bond motifs is 1. The van der Waals surface area contributed by atoms with Crippen LogP contribution >= 0.6 is 34.5 Å². The molecule has 29 heavy (non-hydrogen) atoms. The second kappa shape index (κ2) is 7.92. The molecule has 2 aromatic carbocycles. The van der Waals surface area contributed by atoms with E-state index in [0.29, 0.717) is 38.5 Å². The van der Waals surface area contributed by atoms with E-state index in [-0.39, 0.29) is 12.2 Å². The van der Waals surface area contributed by atoms with Gasteiger partial charge in [0.25, 0.3) is 5.91 Å². The lowest BCUT2D eigenvalue weighted by Gasteiger charge is -2.22. The quantitative estimate of drug-likeness (QED) is 0.536. The highest BCUT2D eigenvalue weighted by Gasteiger charge is 2.51. The fraction of sp³-hybridized carbons (Fsp3) is 0.182. The van der Waals surface area contributed by atoms with Crippen LogP contribution in [-0.4, -0.2) is 23.3 Å². The lowest BCUT2D eigenvalue weighted by molar-refractivity contribution is -0.135. The van der Waals surface area contributed by atoms with E-state index in [1.165, 1.54) is 4.90 Å². The number of hydrogen-bond donors (Lipinski definition) is 1. The number of halogens is 2. The zero-order valence-corrected chi connectivity index (χ0v) is 17.6. The van der Waals surface area contributed by atoms with Gasteiger partial charge in [0.05, 0.1) is 21.3 Å².